The molecule has 0 spiro atoms. The molecule has 0 saturated heterocycles. The number of nitro groups is 1. The Kier molecular flexibility index (Phi) is 4.03. The van der Waals surface area contributed by atoms with Crippen LogP contribution in [0.15, 0.2) is 48.5 Å². The van der Waals surface area contributed by atoms with Gasteiger partial charge in [0.25, 0.3) is 11.6 Å². The lowest BCUT2D eigenvalue weighted by molar-refractivity contribution is -0.384. The third kappa shape index (κ3) is 3.19. The second kappa shape index (κ2) is 6.13. The van der Waals surface area contributed by atoms with Gasteiger partial charge in [-0.25, -0.2) is 4.98 Å². The van der Waals surface area contributed by atoms with Gasteiger partial charge in [-0.2, -0.15) is 0 Å². The zero-order valence-corrected chi connectivity index (χ0v) is 13.1. The summed E-state index contributed by atoms with van der Waals surface area (Å²) in [6.45, 7) is 0.362. The van der Waals surface area contributed by atoms with Crippen LogP contribution in [0.25, 0.3) is 10.2 Å². The molecule has 0 saturated carbocycles. The standard InChI is InChI=1S/C16H13N3O3S/c1-18(10-15-17-13-7-2-3-8-14(13)23-15)16(20)11-5-4-6-12(9-11)19(21)22/h2-9H,10H2,1H3. The maximum Gasteiger partial charge on any atom is 0.270 e. The van der Waals surface area contributed by atoms with Crippen LogP contribution in [0.2, 0.25) is 0 Å². The number of nitro benzene ring substituents is 1. The molecule has 1 aromatic heterocycles. The molecular formula is C16H13N3O3S. The molecule has 0 aliphatic carbocycles. The summed E-state index contributed by atoms with van der Waals surface area (Å²) in [6.07, 6.45) is 0. The highest BCUT2D eigenvalue weighted by atomic mass is 32.1. The first-order valence-electron chi connectivity index (χ1n) is 6.89. The lowest BCUT2D eigenvalue weighted by atomic mass is 10.2. The van der Waals surface area contributed by atoms with Crippen LogP contribution in [-0.4, -0.2) is 27.8 Å². The molecule has 0 atom stereocenters. The molecule has 6 nitrogen and oxygen atoms in total. The number of hydrogen-bond donors (Lipinski definition) is 0. The molecular weight excluding hydrogens is 314 g/mol. The molecule has 1 heterocycles. The molecule has 0 fully saturated rings. The first kappa shape index (κ1) is 15.1. The lowest BCUT2D eigenvalue weighted by Crippen LogP contribution is -2.26. The van der Waals surface area contributed by atoms with Gasteiger partial charge in [0.05, 0.1) is 21.7 Å². The smallest absolute Gasteiger partial charge is 0.270 e. The molecule has 0 unspecified atom stereocenters. The van der Waals surface area contributed by atoms with Crippen molar-refractivity contribution in [2.45, 2.75) is 6.54 Å². The van der Waals surface area contributed by atoms with Crippen molar-refractivity contribution in [3.8, 4) is 0 Å². The first-order chi connectivity index (χ1) is 11.0. The molecule has 0 aliphatic rings. The van der Waals surface area contributed by atoms with E-state index >= 15 is 0 Å². The van der Waals surface area contributed by atoms with E-state index in [0.717, 1.165) is 15.2 Å². The minimum atomic E-state index is -0.510. The highest BCUT2D eigenvalue weighted by Gasteiger charge is 2.16. The van der Waals surface area contributed by atoms with Gasteiger partial charge in [0.15, 0.2) is 0 Å². The molecule has 0 aliphatic heterocycles. The summed E-state index contributed by atoms with van der Waals surface area (Å²) in [6, 6.07) is 13.5. The van der Waals surface area contributed by atoms with E-state index in [1.54, 1.807) is 13.1 Å². The number of amides is 1. The Bertz CT molecular complexity index is 858. The highest BCUT2D eigenvalue weighted by molar-refractivity contribution is 7.18. The second-order valence-corrected chi connectivity index (χ2v) is 6.16. The van der Waals surface area contributed by atoms with Crippen molar-refractivity contribution in [2.24, 2.45) is 0 Å². The van der Waals surface area contributed by atoms with Crippen molar-refractivity contribution in [1.29, 1.82) is 0 Å². The average Bonchev–Trinajstić information content (AvgIpc) is 2.96. The van der Waals surface area contributed by atoms with E-state index in [-0.39, 0.29) is 11.6 Å². The number of nitrogens with zero attached hydrogens (tertiary/aromatic N) is 3. The van der Waals surface area contributed by atoms with E-state index in [2.05, 4.69) is 4.98 Å². The molecule has 2 aromatic carbocycles. The highest BCUT2D eigenvalue weighted by Crippen LogP contribution is 2.23. The Morgan fingerprint density at radius 2 is 2.04 bits per heavy atom. The third-order valence-electron chi connectivity index (χ3n) is 3.36. The minimum absolute atomic E-state index is 0.0933. The van der Waals surface area contributed by atoms with Gasteiger partial charge in [0.1, 0.15) is 5.01 Å². The number of benzene rings is 2. The molecule has 0 radical (unpaired) electrons. The first-order valence-corrected chi connectivity index (χ1v) is 7.70. The molecule has 23 heavy (non-hydrogen) atoms. The van der Waals surface area contributed by atoms with Gasteiger partial charge in [-0.05, 0) is 18.2 Å². The van der Waals surface area contributed by atoms with Crippen LogP contribution >= 0.6 is 11.3 Å². The number of non-ortho nitro benzene ring substituents is 1. The van der Waals surface area contributed by atoms with Crippen LogP contribution < -0.4 is 0 Å². The van der Waals surface area contributed by atoms with Crippen molar-refractivity contribution in [2.75, 3.05) is 7.05 Å². The van der Waals surface area contributed by atoms with Crippen LogP contribution in [0.3, 0.4) is 0 Å². The number of hydrogen-bond acceptors (Lipinski definition) is 5. The maximum atomic E-state index is 12.4. The number of fused-ring (bicyclic) bond motifs is 1. The number of para-hydroxylation sites is 1. The molecule has 0 N–H and O–H groups in total. The van der Waals surface area contributed by atoms with E-state index in [1.165, 1.54) is 34.4 Å². The molecule has 3 aromatic rings. The fraction of sp³-hybridized carbons (Fsp3) is 0.125. The summed E-state index contributed by atoms with van der Waals surface area (Å²) in [5.41, 5.74) is 1.11. The summed E-state index contributed by atoms with van der Waals surface area (Å²) < 4.78 is 1.07. The summed E-state index contributed by atoms with van der Waals surface area (Å²) in [4.78, 5) is 28.7. The molecule has 7 heteroatoms. The Morgan fingerprint density at radius 3 is 2.78 bits per heavy atom. The van der Waals surface area contributed by atoms with Gasteiger partial charge < -0.3 is 4.90 Å². The van der Waals surface area contributed by atoms with Gasteiger partial charge in [0, 0.05) is 24.7 Å². The van der Waals surface area contributed by atoms with Crippen molar-refractivity contribution >= 4 is 33.1 Å². The Balaban J connectivity index is 1.79. The third-order valence-corrected chi connectivity index (χ3v) is 4.38. The van der Waals surface area contributed by atoms with E-state index in [0.29, 0.717) is 12.1 Å². The van der Waals surface area contributed by atoms with Crippen LogP contribution in [0.4, 0.5) is 5.69 Å². The summed E-state index contributed by atoms with van der Waals surface area (Å²) in [7, 11) is 1.66. The zero-order valence-electron chi connectivity index (χ0n) is 12.3. The van der Waals surface area contributed by atoms with Gasteiger partial charge in [-0.1, -0.05) is 18.2 Å². The van der Waals surface area contributed by atoms with E-state index in [4.69, 9.17) is 0 Å². The topological polar surface area (TPSA) is 76.3 Å². The molecule has 116 valence electrons. The quantitative estimate of drug-likeness (QED) is 0.543. The van der Waals surface area contributed by atoms with Crippen LogP contribution in [0.1, 0.15) is 15.4 Å². The van der Waals surface area contributed by atoms with Crippen LogP contribution in [0, 0.1) is 10.1 Å². The number of carbonyl (C=O) groups excluding carboxylic acids is 1. The van der Waals surface area contributed by atoms with Crippen molar-refractivity contribution in [3.05, 3.63) is 69.2 Å². The zero-order chi connectivity index (χ0) is 16.4. The van der Waals surface area contributed by atoms with Gasteiger partial charge in [-0.3, -0.25) is 14.9 Å². The summed E-state index contributed by atoms with van der Waals surface area (Å²) in [5, 5.41) is 11.6. The Labute approximate surface area is 136 Å². The Hall–Kier alpha value is -2.80. The summed E-state index contributed by atoms with van der Waals surface area (Å²) >= 11 is 1.53. The lowest BCUT2D eigenvalue weighted by Gasteiger charge is -2.15. The average molecular weight is 327 g/mol. The van der Waals surface area contributed by atoms with E-state index in [9.17, 15) is 14.9 Å². The number of aromatic nitrogens is 1. The SMILES string of the molecule is CN(Cc1nc2ccccc2s1)C(=O)c1cccc([N+](=O)[O-])c1. The van der Waals surface area contributed by atoms with Crippen LogP contribution in [-0.2, 0) is 6.54 Å². The molecule has 1 amide bonds. The fourth-order valence-electron chi connectivity index (χ4n) is 2.24. The monoisotopic (exact) mass is 327 g/mol. The van der Waals surface area contributed by atoms with Crippen molar-refractivity contribution < 1.29 is 9.72 Å². The van der Waals surface area contributed by atoms with Gasteiger partial charge in [0.2, 0.25) is 0 Å². The number of carbonyl (C=O) groups is 1. The van der Waals surface area contributed by atoms with Gasteiger partial charge in [-0.15, -0.1) is 11.3 Å². The predicted molar refractivity (Wildman–Crippen MR) is 88.5 cm³/mol. The van der Waals surface area contributed by atoms with Gasteiger partial charge >= 0.3 is 0 Å². The van der Waals surface area contributed by atoms with Crippen molar-refractivity contribution in [3.63, 3.8) is 0 Å². The number of rotatable bonds is 4. The largest absolute Gasteiger partial charge is 0.335 e. The second-order valence-electron chi connectivity index (χ2n) is 5.04. The molecule has 3 rings (SSSR count). The predicted octanol–water partition coefficient (Wildman–Crippen LogP) is 3.48. The number of thiazole rings is 1. The van der Waals surface area contributed by atoms with Crippen LogP contribution in [0.5, 0.6) is 0 Å². The Morgan fingerprint density at radius 1 is 1.26 bits per heavy atom. The summed E-state index contributed by atoms with van der Waals surface area (Å²) in [5.74, 6) is -0.270. The van der Waals surface area contributed by atoms with E-state index in [1.807, 2.05) is 24.3 Å². The maximum absolute atomic E-state index is 12.4. The normalized spacial score (nSPS) is 10.7. The van der Waals surface area contributed by atoms with E-state index < -0.39 is 4.92 Å². The van der Waals surface area contributed by atoms with Crippen molar-refractivity contribution in [1.82, 2.24) is 9.88 Å². The minimum Gasteiger partial charge on any atom is -0.335 e. The fourth-order valence-corrected chi connectivity index (χ4v) is 3.26. The molecule has 0 bridgehead atoms.